The molecule has 2 aliphatic heterocycles. The molecular formula is C25H30N4O2. The molecule has 0 bridgehead atoms. The number of hydrogen-bond acceptors (Lipinski definition) is 5. The van der Waals surface area contributed by atoms with Crippen LogP contribution in [0.4, 0.5) is 11.4 Å². The van der Waals surface area contributed by atoms with Crippen LogP contribution in [-0.4, -0.2) is 53.8 Å². The summed E-state index contributed by atoms with van der Waals surface area (Å²) in [5.74, 6) is 2.72. The highest BCUT2D eigenvalue weighted by Crippen LogP contribution is 2.39. The van der Waals surface area contributed by atoms with Crippen LogP contribution in [0.15, 0.2) is 47.5 Å². The highest BCUT2D eigenvalue weighted by molar-refractivity contribution is 6.05. The number of nitrogens with zero attached hydrogens (tertiary/aromatic N) is 3. The number of benzene rings is 2. The summed E-state index contributed by atoms with van der Waals surface area (Å²) in [7, 11) is 0. The average molecular weight is 419 g/mol. The molecule has 6 nitrogen and oxygen atoms in total. The summed E-state index contributed by atoms with van der Waals surface area (Å²) >= 11 is 0. The van der Waals surface area contributed by atoms with Gasteiger partial charge in [0.2, 0.25) is 5.91 Å². The number of carbonyl (C=O) groups is 1. The molecule has 6 heteroatoms. The van der Waals surface area contributed by atoms with Gasteiger partial charge in [-0.25, -0.2) is 4.99 Å². The van der Waals surface area contributed by atoms with Gasteiger partial charge >= 0.3 is 0 Å². The number of amides is 1. The summed E-state index contributed by atoms with van der Waals surface area (Å²) in [5.41, 5.74) is 2.57. The van der Waals surface area contributed by atoms with Gasteiger partial charge in [0.25, 0.3) is 0 Å². The Hall–Kier alpha value is -2.86. The van der Waals surface area contributed by atoms with E-state index in [9.17, 15) is 4.79 Å². The van der Waals surface area contributed by atoms with Crippen LogP contribution in [0.3, 0.4) is 0 Å². The molecule has 5 rings (SSSR count). The minimum Gasteiger partial charge on any atom is -0.454 e. The molecule has 3 aliphatic rings. The predicted molar refractivity (Wildman–Crippen MR) is 123 cm³/mol. The normalized spacial score (nSPS) is 18.9. The zero-order valence-electron chi connectivity index (χ0n) is 18.3. The van der Waals surface area contributed by atoms with Crippen LogP contribution >= 0.6 is 0 Å². The first kappa shape index (κ1) is 20.1. The number of piperazine rings is 1. The first-order valence-electron chi connectivity index (χ1n) is 11.4. The van der Waals surface area contributed by atoms with E-state index in [1.807, 2.05) is 42.5 Å². The standard InChI is InChI=1S/C25H30N4O2/c1-17(2)28-12-14-29(15-13-28)24-20-16-19(26-25(30)18-6-5-7-18)10-11-22(20)31-23-9-4-3-8-21(23)27-24/h3-4,8-11,16-18H,5-7,12-15H2,1-2H3,(H,26,30). The van der Waals surface area contributed by atoms with Crippen molar-refractivity contribution in [3.8, 4) is 11.5 Å². The van der Waals surface area contributed by atoms with Gasteiger partial charge in [-0.05, 0) is 57.0 Å². The van der Waals surface area contributed by atoms with Gasteiger partial charge < -0.3 is 15.0 Å². The Morgan fingerprint density at radius 2 is 1.84 bits per heavy atom. The lowest BCUT2D eigenvalue weighted by molar-refractivity contribution is -0.122. The smallest absolute Gasteiger partial charge is 0.227 e. The third-order valence-electron chi connectivity index (χ3n) is 6.62. The van der Waals surface area contributed by atoms with Gasteiger partial charge in [0, 0.05) is 43.8 Å². The fourth-order valence-electron chi connectivity index (χ4n) is 4.41. The number of para-hydroxylation sites is 2. The molecule has 0 atom stereocenters. The van der Waals surface area contributed by atoms with Gasteiger partial charge in [-0.2, -0.15) is 0 Å². The molecular weight excluding hydrogens is 388 g/mol. The maximum Gasteiger partial charge on any atom is 0.227 e. The average Bonchev–Trinajstić information content (AvgIpc) is 2.89. The zero-order valence-corrected chi connectivity index (χ0v) is 18.3. The van der Waals surface area contributed by atoms with Crippen LogP contribution in [0.2, 0.25) is 0 Å². The minimum absolute atomic E-state index is 0.119. The van der Waals surface area contributed by atoms with Crippen LogP contribution in [0.1, 0.15) is 38.7 Å². The molecule has 1 saturated carbocycles. The molecule has 1 saturated heterocycles. The fourth-order valence-corrected chi connectivity index (χ4v) is 4.41. The van der Waals surface area contributed by atoms with Gasteiger partial charge in [-0.1, -0.05) is 18.6 Å². The molecule has 1 N–H and O–H groups in total. The van der Waals surface area contributed by atoms with Crippen molar-refractivity contribution in [2.24, 2.45) is 10.9 Å². The van der Waals surface area contributed by atoms with Gasteiger partial charge in [0.15, 0.2) is 5.75 Å². The first-order chi connectivity index (χ1) is 15.1. The minimum atomic E-state index is 0.119. The zero-order chi connectivity index (χ0) is 21.4. The van der Waals surface area contributed by atoms with Gasteiger partial charge in [-0.3, -0.25) is 9.69 Å². The highest BCUT2D eigenvalue weighted by Gasteiger charge is 2.28. The van der Waals surface area contributed by atoms with Crippen molar-refractivity contribution >= 4 is 23.1 Å². The summed E-state index contributed by atoms with van der Waals surface area (Å²) in [6, 6.07) is 14.3. The van der Waals surface area contributed by atoms with E-state index in [2.05, 4.69) is 29.0 Å². The maximum atomic E-state index is 12.5. The summed E-state index contributed by atoms with van der Waals surface area (Å²) in [6.45, 7) is 8.33. The molecule has 2 aromatic carbocycles. The van der Waals surface area contributed by atoms with Crippen molar-refractivity contribution in [1.29, 1.82) is 0 Å². The molecule has 1 aliphatic carbocycles. The topological polar surface area (TPSA) is 57.2 Å². The van der Waals surface area contributed by atoms with Gasteiger partial charge in [-0.15, -0.1) is 0 Å². The summed E-state index contributed by atoms with van der Waals surface area (Å²) < 4.78 is 6.26. The number of carbonyl (C=O) groups excluding carboxylic acids is 1. The van der Waals surface area contributed by atoms with E-state index in [4.69, 9.17) is 9.73 Å². The third-order valence-corrected chi connectivity index (χ3v) is 6.62. The number of nitrogens with one attached hydrogen (secondary N) is 1. The lowest BCUT2D eigenvalue weighted by Gasteiger charge is -2.38. The van der Waals surface area contributed by atoms with E-state index >= 15 is 0 Å². The molecule has 2 fully saturated rings. The number of hydrogen-bond donors (Lipinski definition) is 1. The SMILES string of the molecule is CC(C)N1CCN(C2=Nc3ccccc3Oc3ccc(NC(=O)C4CCC4)cc32)CC1. The second kappa shape index (κ2) is 8.35. The molecule has 0 aromatic heterocycles. The third kappa shape index (κ3) is 4.04. The molecule has 1 amide bonds. The monoisotopic (exact) mass is 418 g/mol. The Labute approximate surface area is 183 Å². The molecule has 2 heterocycles. The van der Waals surface area contributed by atoms with Crippen LogP contribution in [-0.2, 0) is 4.79 Å². The quantitative estimate of drug-likeness (QED) is 0.789. The molecule has 2 aromatic rings. The van der Waals surface area contributed by atoms with E-state index in [1.54, 1.807) is 0 Å². The largest absolute Gasteiger partial charge is 0.454 e. The fraction of sp³-hybridized carbons (Fsp3) is 0.440. The van der Waals surface area contributed by atoms with Crippen molar-refractivity contribution in [2.75, 3.05) is 31.5 Å². The molecule has 0 radical (unpaired) electrons. The Balaban J connectivity index is 1.48. The predicted octanol–water partition coefficient (Wildman–Crippen LogP) is 4.64. The second-order valence-electron chi connectivity index (χ2n) is 8.95. The van der Waals surface area contributed by atoms with E-state index in [1.165, 1.54) is 0 Å². The Kier molecular flexibility index (Phi) is 5.40. The number of ether oxygens (including phenoxy) is 1. The number of amidine groups is 1. The molecule has 0 spiro atoms. The highest BCUT2D eigenvalue weighted by atomic mass is 16.5. The molecule has 31 heavy (non-hydrogen) atoms. The maximum absolute atomic E-state index is 12.5. The molecule has 162 valence electrons. The van der Waals surface area contributed by atoms with E-state index in [0.717, 1.165) is 79.7 Å². The lowest BCUT2D eigenvalue weighted by Crippen LogP contribution is -2.50. The summed E-state index contributed by atoms with van der Waals surface area (Å²) in [6.07, 6.45) is 3.12. The van der Waals surface area contributed by atoms with Gasteiger partial charge in [0.05, 0.1) is 5.56 Å². The van der Waals surface area contributed by atoms with Gasteiger partial charge in [0.1, 0.15) is 17.3 Å². The number of aliphatic imine (C=N–C) groups is 1. The van der Waals surface area contributed by atoms with E-state index < -0.39 is 0 Å². The van der Waals surface area contributed by atoms with Crippen molar-refractivity contribution in [2.45, 2.75) is 39.2 Å². The Morgan fingerprint density at radius 3 is 2.55 bits per heavy atom. The summed E-state index contributed by atoms with van der Waals surface area (Å²) in [4.78, 5) is 22.4. The summed E-state index contributed by atoms with van der Waals surface area (Å²) in [5, 5.41) is 3.10. The van der Waals surface area contributed by atoms with Crippen molar-refractivity contribution in [1.82, 2.24) is 9.80 Å². The Bertz CT molecular complexity index is 1000. The van der Waals surface area contributed by atoms with E-state index in [0.29, 0.717) is 6.04 Å². The first-order valence-corrected chi connectivity index (χ1v) is 11.4. The van der Waals surface area contributed by atoms with Crippen molar-refractivity contribution in [3.05, 3.63) is 48.0 Å². The van der Waals surface area contributed by atoms with Crippen LogP contribution < -0.4 is 10.1 Å². The number of rotatable bonds is 3. The van der Waals surface area contributed by atoms with Crippen molar-refractivity contribution < 1.29 is 9.53 Å². The number of fused-ring (bicyclic) bond motifs is 2. The van der Waals surface area contributed by atoms with E-state index in [-0.39, 0.29) is 11.8 Å². The second-order valence-corrected chi connectivity index (χ2v) is 8.95. The van der Waals surface area contributed by atoms with Crippen molar-refractivity contribution in [3.63, 3.8) is 0 Å². The van der Waals surface area contributed by atoms with Crippen LogP contribution in [0.5, 0.6) is 11.5 Å². The Morgan fingerprint density at radius 1 is 1.06 bits per heavy atom. The van der Waals surface area contributed by atoms with Crippen LogP contribution in [0, 0.1) is 5.92 Å². The molecule has 0 unspecified atom stereocenters. The van der Waals surface area contributed by atoms with Crippen LogP contribution in [0.25, 0.3) is 0 Å². The number of anilines is 1. The lowest BCUT2D eigenvalue weighted by atomic mass is 9.85.